The van der Waals surface area contributed by atoms with Gasteiger partial charge in [-0.2, -0.15) is 0 Å². The number of hydrogen-bond donors (Lipinski definition) is 0. The Hall–Kier alpha value is -1.56. The highest BCUT2D eigenvalue weighted by Gasteiger charge is 2.16. The van der Waals surface area contributed by atoms with Gasteiger partial charge in [0.1, 0.15) is 16.9 Å². The first-order chi connectivity index (χ1) is 10.7. The number of hydrogen-bond acceptors (Lipinski definition) is 5. The zero-order chi connectivity index (χ0) is 17.5. The summed E-state index contributed by atoms with van der Waals surface area (Å²) in [6, 6.07) is 5.12. The summed E-state index contributed by atoms with van der Waals surface area (Å²) in [7, 11) is 1.33. The van der Waals surface area contributed by atoms with Gasteiger partial charge >= 0.3 is 11.9 Å². The second-order valence-electron chi connectivity index (χ2n) is 6.02. The molecule has 0 amide bonds. The number of ether oxygens (including phenoxy) is 3. The summed E-state index contributed by atoms with van der Waals surface area (Å²) in [5.74, 6) is -0.194. The van der Waals surface area contributed by atoms with E-state index in [1.165, 1.54) is 7.11 Å². The molecule has 0 saturated carbocycles. The van der Waals surface area contributed by atoms with Gasteiger partial charge in [-0.15, -0.1) is 0 Å². The molecule has 23 heavy (non-hydrogen) atoms. The Kier molecular flexibility index (Phi) is 7.55. The van der Waals surface area contributed by atoms with Crippen molar-refractivity contribution in [3.05, 3.63) is 28.2 Å². The molecule has 0 heterocycles. The van der Waals surface area contributed by atoms with Crippen LogP contribution in [0.15, 0.2) is 22.7 Å². The van der Waals surface area contributed by atoms with Crippen LogP contribution in [-0.4, -0.2) is 31.3 Å². The van der Waals surface area contributed by atoms with Gasteiger partial charge in [0, 0.05) is 10.9 Å². The van der Waals surface area contributed by atoms with Gasteiger partial charge in [-0.3, -0.25) is 4.79 Å². The Balaban J connectivity index is 2.43. The molecule has 6 heteroatoms. The van der Waals surface area contributed by atoms with Gasteiger partial charge in [0.2, 0.25) is 0 Å². The van der Waals surface area contributed by atoms with E-state index < -0.39 is 11.6 Å². The van der Waals surface area contributed by atoms with E-state index in [2.05, 4.69) is 15.9 Å². The van der Waals surface area contributed by atoms with Crippen LogP contribution in [0.4, 0.5) is 0 Å². The fourth-order valence-corrected chi connectivity index (χ4v) is 2.18. The molecule has 0 aromatic heterocycles. The van der Waals surface area contributed by atoms with E-state index in [1.807, 2.05) is 20.8 Å². The topological polar surface area (TPSA) is 61.8 Å². The molecule has 0 saturated heterocycles. The summed E-state index contributed by atoms with van der Waals surface area (Å²) in [5.41, 5.74) is -0.0814. The molecular formula is C17H23BrO5. The van der Waals surface area contributed by atoms with E-state index in [1.54, 1.807) is 18.2 Å². The van der Waals surface area contributed by atoms with Gasteiger partial charge in [0.15, 0.2) is 0 Å². The van der Waals surface area contributed by atoms with Crippen LogP contribution >= 0.6 is 15.9 Å². The molecule has 0 bridgehead atoms. The van der Waals surface area contributed by atoms with Crippen LogP contribution < -0.4 is 4.74 Å². The summed E-state index contributed by atoms with van der Waals surface area (Å²) in [6.45, 7) is 5.93. The third kappa shape index (κ3) is 7.50. The maximum atomic E-state index is 11.7. The van der Waals surface area contributed by atoms with E-state index in [-0.39, 0.29) is 5.97 Å². The lowest BCUT2D eigenvalue weighted by Gasteiger charge is -2.19. The monoisotopic (exact) mass is 386 g/mol. The van der Waals surface area contributed by atoms with Crippen molar-refractivity contribution >= 4 is 27.9 Å². The lowest BCUT2D eigenvalue weighted by Crippen LogP contribution is -2.23. The molecule has 1 aromatic rings. The van der Waals surface area contributed by atoms with E-state index in [0.29, 0.717) is 37.2 Å². The van der Waals surface area contributed by atoms with Crippen molar-refractivity contribution in [2.75, 3.05) is 13.7 Å². The molecule has 0 spiro atoms. The molecule has 0 aliphatic rings. The van der Waals surface area contributed by atoms with Gasteiger partial charge in [0.05, 0.1) is 13.7 Å². The smallest absolute Gasteiger partial charge is 0.341 e. The first-order valence-electron chi connectivity index (χ1n) is 7.45. The van der Waals surface area contributed by atoms with E-state index in [9.17, 15) is 9.59 Å². The highest BCUT2D eigenvalue weighted by atomic mass is 79.9. The summed E-state index contributed by atoms with van der Waals surface area (Å²) >= 11 is 3.34. The number of halogens is 1. The molecule has 0 aliphatic heterocycles. The van der Waals surface area contributed by atoms with Crippen molar-refractivity contribution in [1.82, 2.24) is 0 Å². The number of carbonyl (C=O) groups is 2. The molecule has 0 radical (unpaired) electrons. The molecule has 0 fully saturated rings. The SMILES string of the molecule is COC(=O)c1ccc(Br)cc1OCCCCC(=O)OC(C)(C)C. The standard InChI is InChI=1S/C17H23BrO5/c1-17(2,3)23-15(19)7-5-6-10-22-14-11-12(18)8-9-13(14)16(20)21-4/h8-9,11H,5-7,10H2,1-4H3. The maximum absolute atomic E-state index is 11.7. The van der Waals surface area contributed by atoms with Crippen LogP contribution in [-0.2, 0) is 14.3 Å². The summed E-state index contributed by atoms with van der Waals surface area (Å²) in [5, 5.41) is 0. The molecule has 0 unspecified atom stereocenters. The van der Waals surface area contributed by atoms with E-state index in [0.717, 1.165) is 4.47 Å². The second-order valence-corrected chi connectivity index (χ2v) is 6.94. The molecular weight excluding hydrogens is 364 g/mol. The second kappa shape index (κ2) is 8.91. The lowest BCUT2D eigenvalue weighted by atomic mass is 10.2. The zero-order valence-electron chi connectivity index (χ0n) is 14.0. The van der Waals surface area contributed by atoms with Crippen molar-refractivity contribution in [3.8, 4) is 5.75 Å². The van der Waals surface area contributed by atoms with Crippen molar-refractivity contribution in [3.63, 3.8) is 0 Å². The average Bonchev–Trinajstić information content (AvgIpc) is 2.44. The fraction of sp³-hybridized carbons (Fsp3) is 0.529. The average molecular weight is 387 g/mol. The van der Waals surface area contributed by atoms with Crippen molar-refractivity contribution in [1.29, 1.82) is 0 Å². The summed E-state index contributed by atoms with van der Waals surface area (Å²) < 4.78 is 16.4. The molecule has 0 N–H and O–H groups in total. The molecule has 0 atom stereocenters. The van der Waals surface area contributed by atoms with Gasteiger partial charge in [-0.1, -0.05) is 15.9 Å². The third-order valence-corrected chi connectivity index (χ3v) is 3.30. The minimum absolute atomic E-state index is 0.213. The van der Waals surface area contributed by atoms with E-state index in [4.69, 9.17) is 14.2 Å². The van der Waals surface area contributed by atoms with Crippen molar-refractivity contribution < 1.29 is 23.8 Å². The maximum Gasteiger partial charge on any atom is 0.341 e. The Morgan fingerprint density at radius 2 is 1.87 bits per heavy atom. The number of carbonyl (C=O) groups excluding carboxylic acids is 2. The molecule has 5 nitrogen and oxygen atoms in total. The molecule has 0 aliphatic carbocycles. The van der Waals surface area contributed by atoms with Crippen LogP contribution in [0.3, 0.4) is 0 Å². The Morgan fingerprint density at radius 3 is 2.48 bits per heavy atom. The largest absolute Gasteiger partial charge is 0.493 e. The normalized spacial score (nSPS) is 11.0. The first kappa shape index (κ1) is 19.5. The van der Waals surface area contributed by atoms with Gasteiger partial charge in [0.25, 0.3) is 0 Å². The van der Waals surface area contributed by atoms with E-state index >= 15 is 0 Å². The highest BCUT2D eigenvalue weighted by molar-refractivity contribution is 9.10. The molecule has 1 rings (SSSR count). The summed E-state index contributed by atoms with van der Waals surface area (Å²) in [6.07, 6.45) is 1.70. The lowest BCUT2D eigenvalue weighted by molar-refractivity contribution is -0.154. The molecule has 128 valence electrons. The van der Waals surface area contributed by atoms with Crippen LogP contribution in [0.1, 0.15) is 50.4 Å². The Labute approximate surface area is 145 Å². The number of rotatable bonds is 7. The fourth-order valence-electron chi connectivity index (χ4n) is 1.84. The first-order valence-corrected chi connectivity index (χ1v) is 8.25. The van der Waals surface area contributed by atoms with Gasteiger partial charge < -0.3 is 14.2 Å². The van der Waals surface area contributed by atoms with Crippen LogP contribution in [0, 0.1) is 0 Å². The predicted octanol–water partition coefficient (Wildman–Crippen LogP) is 4.13. The summed E-state index contributed by atoms with van der Waals surface area (Å²) in [4.78, 5) is 23.3. The van der Waals surface area contributed by atoms with Crippen molar-refractivity contribution in [2.45, 2.75) is 45.6 Å². The molecule has 1 aromatic carbocycles. The number of esters is 2. The minimum Gasteiger partial charge on any atom is -0.493 e. The zero-order valence-corrected chi connectivity index (χ0v) is 15.6. The quantitative estimate of drug-likeness (QED) is 0.520. The number of unbranched alkanes of at least 4 members (excludes halogenated alkanes) is 1. The highest BCUT2D eigenvalue weighted by Crippen LogP contribution is 2.24. The van der Waals surface area contributed by atoms with Gasteiger partial charge in [-0.05, 0) is 51.8 Å². The predicted molar refractivity (Wildman–Crippen MR) is 90.7 cm³/mol. The van der Waals surface area contributed by atoms with Crippen LogP contribution in [0.5, 0.6) is 5.75 Å². The van der Waals surface area contributed by atoms with Crippen molar-refractivity contribution in [2.24, 2.45) is 0 Å². The Bertz CT molecular complexity index is 548. The number of methoxy groups -OCH3 is 1. The van der Waals surface area contributed by atoms with Crippen LogP contribution in [0.2, 0.25) is 0 Å². The van der Waals surface area contributed by atoms with Crippen LogP contribution in [0.25, 0.3) is 0 Å². The Morgan fingerprint density at radius 1 is 1.17 bits per heavy atom. The third-order valence-electron chi connectivity index (χ3n) is 2.80. The van der Waals surface area contributed by atoms with Gasteiger partial charge in [-0.25, -0.2) is 4.79 Å². The number of benzene rings is 1. The minimum atomic E-state index is -0.459.